The van der Waals surface area contributed by atoms with Gasteiger partial charge in [0.05, 0.1) is 17.0 Å². The molecule has 6 nitrogen and oxygen atoms in total. The summed E-state index contributed by atoms with van der Waals surface area (Å²) in [7, 11) is 0. The molecule has 0 saturated carbocycles. The summed E-state index contributed by atoms with van der Waals surface area (Å²) in [4.78, 5) is 37.2. The summed E-state index contributed by atoms with van der Waals surface area (Å²) in [6, 6.07) is 3.97. The lowest BCUT2D eigenvalue weighted by Crippen LogP contribution is -2.43. The van der Waals surface area contributed by atoms with Crippen LogP contribution in [0.3, 0.4) is 0 Å². The van der Waals surface area contributed by atoms with E-state index in [2.05, 4.69) is 15.3 Å². The number of rotatable bonds is 4. The Morgan fingerprint density at radius 1 is 1.23 bits per heavy atom. The number of carbonyl (C=O) groups is 2. The predicted molar refractivity (Wildman–Crippen MR) is 105 cm³/mol. The largest absolute Gasteiger partial charge is 0.337 e. The third-order valence-corrected chi connectivity index (χ3v) is 6.90. The first-order chi connectivity index (χ1) is 12.7. The first-order valence-electron chi connectivity index (χ1n) is 8.20. The Bertz CT molecular complexity index is 889. The number of nitrogens with zero attached hydrogens (tertiary/aromatic N) is 3. The van der Waals surface area contributed by atoms with E-state index in [1.54, 1.807) is 28.6 Å². The average Bonchev–Trinajstić information content (AvgIpc) is 3.42. The van der Waals surface area contributed by atoms with Gasteiger partial charge in [0.2, 0.25) is 5.91 Å². The molecule has 1 fully saturated rings. The third-order valence-electron chi connectivity index (χ3n) is 4.19. The molecular formula is C17H16N4O2S3. The molecule has 0 spiro atoms. The van der Waals surface area contributed by atoms with Crippen LogP contribution < -0.4 is 5.32 Å². The van der Waals surface area contributed by atoms with Crippen molar-refractivity contribution < 1.29 is 9.59 Å². The minimum absolute atomic E-state index is 0.0444. The summed E-state index contributed by atoms with van der Waals surface area (Å²) in [6.45, 7) is 1.11. The molecule has 134 valence electrons. The van der Waals surface area contributed by atoms with Crippen molar-refractivity contribution in [3.63, 3.8) is 0 Å². The van der Waals surface area contributed by atoms with Crippen molar-refractivity contribution in [2.75, 3.05) is 18.4 Å². The van der Waals surface area contributed by atoms with Gasteiger partial charge in [-0.25, -0.2) is 9.97 Å². The summed E-state index contributed by atoms with van der Waals surface area (Å²) in [5.74, 6) is -0.320. The maximum Gasteiger partial charge on any atom is 0.265 e. The molecule has 1 aliphatic rings. The fourth-order valence-corrected chi connectivity index (χ4v) is 5.13. The molecule has 9 heteroatoms. The van der Waals surface area contributed by atoms with Gasteiger partial charge in [-0.3, -0.25) is 9.59 Å². The molecule has 0 aromatic carbocycles. The normalized spacial score (nSPS) is 17.2. The Morgan fingerprint density at radius 3 is 2.92 bits per heavy atom. The zero-order chi connectivity index (χ0) is 17.9. The average molecular weight is 405 g/mol. The monoisotopic (exact) mass is 404 g/mol. The fraction of sp³-hybridized carbons (Fsp3) is 0.294. The van der Waals surface area contributed by atoms with Crippen molar-refractivity contribution in [2.45, 2.75) is 12.8 Å². The number of aromatic nitrogens is 2. The summed E-state index contributed by atoms with van der Waals surface area (Å²) >= 11 is 4.40. The number of hydrogen-bond acceptors (Lipinski definition) is 7. The number of thiophene rings is 1. The second-order valence-electron chi connectivity index (χ2n) is 5.92. The first-order valence-corrected chi connectivity index (χ1v) is 10.8. The SMILES string of the molecule is O=C(Nc1nccs1)C1CCCN(C(=O)c2cnc(-c3cccs3)s2)C1. The maximum atomic E-state index is 12.8. The lowest BCUT2D eigenvalue weighted by Gasteiger charge is -2.31. The van der Waals surface area contributed by atoms with Gasteiger partial charge in [-0.1, -0.05) is 6.07 Å². The zero-order valence-electron chi connectivity index (χ0n) is 13.8. The fourth-order valence-electron chi connectivity index (χ4n) is 2.91. The number of anilines is 1. The van der Waals surface area contributed by atoms with Crippen LogP contribution in [0, 0.1) is 5.92 Å². The van der Waals surface area contributed by atoms with Gasteiger partial charge in [0.25, 0.3) is 5.91 Å². The molecule has 1 unspecified atom stereocenters. The lowest BCUT2D eigenvalue weighted by molar-refractivity contribution is -0.121. The highest BCUT2D eigenvalue weighted by atomic mass is 32.1. The molecule has 2 amide bonds. The molecule has 1 saturated heterocycles. The van der Waals surface area contributed by atoms with Gasteiger partial charge in [-0.15, -0.1) is 34.0 Å². The Morgan fingerprint density at radius 2 is 2.15 bits per heavy atom. The van der Waals surface area contributed by atoms with Crippen LogP contribution >= 0.6 is 34.0 Å². The van der Waals surface area contributed by atoms with Crippen LogP contribution in [-0.4, -0.2) is 39.8 Å². The molecule has 3 aromatic rings. The van der Waals surface area contributed by atoms with Crippen LogP contribution in [0.15, 0.2) is 35.3 Å². The Kier molecular flexibility index (Phi) is 5.09. The molecular weight excluding hydrogens is 388 g/mol. The minimum Gasteiger partial charge on any atom is -0.337 e. The van der Waals surface area contributed by atoms with Crippen LogP contribution in [-0.2, 0) is 4.79 Å². The number of amides is 2. The van der Waals surface area contributed by atoms with E-state index >= 15 is 0 Å². The number of carbonyl (C=O) groups excluding carboxylic acids is 2. The number of likely N-dealkylation sites (tertiary alicyclic amines) is 1. The Hall–Kier alpha value is -2.10. The molecule has 3 aromatic heterocycles. The molecule has 0 bridgehead atoms. The van der Waals surface area contributed by atoms with Gasteiger partial charge in [-0.2, -0.15) is 0 Å². The molecule has 1 atom stereocenters. The maximum absolute atomic E-state index is 12.8. The summed E-state index contributed by atoms with van der Waals surface area (Å²) in [6.07, 6.45) is 4.90. The van der Waals surface area contributed by atoms with E-state index in [1.165, 1.54) is 22.7 Å². The summed E-state index contributed by atoms with van der Waals surface area (Å²) < 4.78 is 0. The molecule has 0 radical (unpaired) electrons. The predicted octanol–water partition coefficient (Wildman–Crippen LogP) is 3.82. The van der Waals surface area contributed by atoms with Crippen LogP contribution in [0.25, 0.3) is 9.88 Å². The summed E-state index contributed by atoms with van der Waals surface area (Å²) in [5, 5.41) is 8.11. The quantitative estimate of drug-likeness (QED) is 0.717. The van der Waals surface area contributed by atoms with E-state index in [1.807, 2.05) is 22.9 Å². The van der Waals surface area contributed by atoms with E-state index in [9.17, 15) is 9.59 Å². The number of nitrogens with one attached hydrogen (secondary N) is 1. The highest BCUT2D eigenvalue weighted by molar-refractivity contribution is 7.22. The molecule has 4 rings (SSSR count). The van der Waals surface area contributed by atoms with E-state index < -0.39 is 0 Å². The Labute approximate surface area is 162 Å². The molecule has 26 heavy (non-hydrogen) atoms. The van der Waals surface area contributed by atoms with Gasteiger partial charge >= 0.3 is 0 Å². The third kappa shape index (κ3) is 3.69. The lowest BCUT2D eigenvalue weighted by atomic mass is 9.97. The minimum atomic E-state index is -0.207. The number of hydrogen-bond donors (Lipinski definition) is 1. The van der Waals surface area contributed by atoms with E-state index in [0.29, 0.717) is 23.1 Å². The number of piperidine rings is 1. The zero-order valence-corrected chi connectivity index (χ0v) is 16.2. The van der Waals surface area contributed by atoms with Crippen LogP contribution in [0.4, 0.5) is 5.13 Å². The first kappa shape index (κ1) is 17.3. The van der Waals surface area contributed by atoms with E-state index in [-0.39, 0.29) is 17.7 Å². The van der Waals surface area contributed by atoms with Crippen molar-refractivity contribution in [2.24, 2.45) is 5.92 Å². The molecule has 1 aliphatic heterocycles. The molecule has 1 N–H and O–H groups in total. The summed E-state index contributed by atoms with van der Waals surface area (Å²) in [5.41, 5.74) is 0. The van der Waals surface area contributed by atoms with Gasteiger partial charge < -0.3 is 10.2 Å². The van der Waals surface area contributed by atoms with E-state index in [4.69, 9.17) is 0 Å². The van der Waals surface area contributed by atoms with Crippen molar-refractivity contribution in [1.82, 2.24) is 14.9 Å². The standard InChI is InChI=1S/C17H16N4O2S3/c22-14(20-17-18-5-8-25-17)11-3-1-6-21(10-11)16(23)13-9-19-15(26-13)12-4-2-7-24-12/h2,4-5,7-9,11H,1,3,6,10H2,(H,18,20,22). The topological polar surface area (TPSA) is 75.2 Å². The second-order valence-corrected chi connectivity index (χ2v) is 8.80. The smallest absolute Gasteiger partial charge is 0.265 e. The highest BCUT2D eigenvalue weighted by Gasteiger charge is 2.30. The van der Waals surface area contributed by atoms with Gasteiger partial charge in [0.1, 0.15) is 9.88 Å². The second kappa shape index (κ2) is 7.65. The van der Waals surface area contributed by atoms with Crippen molar-refractivity contribution in [3.05, 3.63) is 40.2 Å². The van der Waals surface area contributed by atoms with Gasteiger partial charge in [0, 0.05) is 24.7 Å². The van der Waals surface area contributed by atoms with Crippen molar-refractivity contribution >= 4 is 51.0 Å². The number of thiazole rings is 2. The van der Waals surface area contributed by atoms with Crippen LogP contribution in [0.5, 0.6) is 0 Å². The van der Waals surface area contributed by atoms with Gasteiger partial charge in [0.15, 0.2) is 5.13 Å². The van der Waals surface area contributed by atoms with Crippen molar-refractivity contribution in [1.29, 1.82) is 0 Å². The van der Waals surface area contributed by atoms with Gasteiger partial charge in [-0.05, 0) is 24.3 Å². The van der Waals surface area contributed by atoms with E-state index in [0.717, 1.165) is 22.7 Å². The highest BCUT2D eigenvalue weighted by Crippen LogP contribution is 2.30. The Balaban J connectivity index is 1.42. The van der Waals surface area contributed by atoms with Crippen LogP contribution in [0.1, 0.15) is 22.5 Å². The van der Waals surface area contributed by atoms with Crippen LogP contribution in [0.2, 0.25) is 0 Å². The molecule has 0 aliphatic carbocycles. The van der Waals surface area contributed by atoms with Crippen molar-refractivity contribution in [3.8, 4) is 9.88 Å². The molecule has 4 heterocycles.